The smallest absolute Gasteiger partial charge is 0.247 e. The molecule has 0 fully saturated rings. The third-order valence-corrected chi connectivity index (χ3v) is 4.21. The molecular formula is C16H22ClIN2O2. The number of hydrogen-bond acceptors (Lipinski definition) is 3. The van der Waals surface area contributed by atoms with Crippen molar-refractivity contribution >= 4 is 51.5 Å². The van der Waals surface area contributed by atoms with E-state index in [1.165, 1.54) is 0 Å². The van der Waals surface area contributed by atoms with Crippen molar-refractivity contribution in [3.63, 3.8) is 0 Å². The number of benzene rings is 1. The van der Waals surface area contributed by atoms with E-state index in [1.54, 1.807) is 4.90 Å². The number of rotatable bonds is 7. The SMILES string of the molecule is CCc1ccc(I)cc1N(CON=C(C)C)C(=O)C(Cl)CC. The second-order valence-corrected chi connectivity index (χ2v) is 6.84. The lowest BCUT2D eigenvalue weighted by Crippen LogP contribution is -2.38. The zero-order valence-corrected chi connectivity index (χ0v) is 16.3. The molecule has 6 heteroatoms. The van der Waals surface area contributed by atoms with Crippen molar-refractivity contribution in [1.82, 2.24) is 0 Å². The van der Waals surface area contributed by atoms with Gasteiger partial charge in [-0.2, -0.15) is 0 Å². The molecule has 1 atom stereocenters. The van der Waals surface area contributed by atoms with Crippen LogP contribution >= 0.6 is 34.2 Å². The maximum atomic E-state index is 12.6. The zero-order chi connectivity index (χ0) is 16.7. The second kappa shape index (κ2) is 9.35. The number of carbonyl (C=O) groups excluding carboxylic acids is 1. The summed E-state index contributed by atoms with van der Waals surface area (Å²) in [5.74, 6) is -0.162. The van der Waals surface area contributed by atoms with Crippen molar-refractivity contribution in [2.24, 2.45) is 5.16 Å². The van der Waals surface area contributed by atoms with Crippen LogP contribution in [0.15, 0.2) is 23.4 Å². The number of aryl methyl sites for hydroxylation is 1. The Kier molecular flexibility index (Phi) is 8.17. The number of nitrogens with zero attached hydrogens (tertiary/aromatic N) is 2. The van der Waals surface area contributed by atoms with Crippen molar-refractivity contribution in [2.45, 2.75) is 45.9 Å². The molecule has 0 aliphatic rings. The minimum absolute atomic E-state index is 0.0559. The number of anilines is 1. The molecule has 1 rings (SSSR count). The fourth-order valence-electron chi connectivity index (χ4n) is 1.90. The van der Waals surface area contributed by atoms with Crippen LogP contribution in [0.5, 0.6) is 0 Å². The predicted octanol–water partition coefficient (Wildman–Crippen LogP) is 4.57. The minimum Gasteiger partial charge on any atom is -0.374 e. The average Bonchev–Trinajstić information content (AvgIpc) is 2.49. The molecule has 1 aromatic rings. The number of carbonyl (C=O) groups is 1. The summed E-state index contributed by atoms with van der Waals surface area (Å²) < 4.78 is 1.06. The quantitative estimate of drug-likeness (QED) is 0.206. The van der Waals surface area contributed by atoms with Crippen molar-refractivity contribution < 1.29 is 9.63 Å². The highest BCUT2D eigenvalue weighted by Crippen LogP contribution is 2.26. The van der Waals surface area contributed by atoms with Crippen molar-refractivity contribution in [3.8, 4) is 0 Å². The molecule has 4 nitrogen and oxygen atoms in total. The molecule has 0 heterocycles. The van der Waals surface area contributed by atoms with Gasteiger partial charge in [-0.05, 0) is 67.0 Å². The van der Waals surface area contributed by atoms with Crippen LogP contribution in [-0.2, 0) is 16.1 Å². The first kappa shape index (κ1) is 19.2. The third-order valence-electron chi connectivity index (χ3n) is 3.05. The van der Waals surface area contributed by atoms with E-state index in [1.807, 2.05) is 39.0 Å². The van der Waals surface area contributed by atoms with Gasteiger partial charge in [0.1, 0.15) is 5.38 Å². The van der Waals surface area contributed by atoms with Gasteiger partial charge in [0, 0.05) is 3.57 Å². The van der Waals surface area contributed by atoms with E-state index in [9.17, 15) is 4.79 Å². The first-order valence-electron chi connectivity index (χ1n) is 7.27. The molecule has 0 aromatic heterocycles. The predicted molar refractivity (Wildman–Crippen MR) is 101 cm³/mol. The van der Waals surface area contributed by atoms with Crippen LogP contribution in [0.25, 0.3) is 0 Å². The molecule has 0 spiro atoms. The topological polar surface area (TPSA) is 41.9 Å². The van der Waals surface area contributed by atoms with Gasteiger partial charge in [0.05, 0.1) is 11.4 Å². The zero-order valence-electron chi connectivity index (χ0n) is 13.4. The Morgan fingerprint density at radius 1 is 1.41 bits per heavy atom. The number of amides is 1. The minimum atomic E-state index is -0.571. The normalized spacial score (nSPS) is 11.7. The summed E-state index contributed by atoms with van der Waals surface area (Å²) in [4.78, 5) is 19.5. The van der Waals surface area contributed by atoms with Gasteiger partial charge in [-0.15, -0.1) is 11.6 Å². The Morgan fingerprint density at radius 2 is 2.09 bits per heavy atom. The van der Waals surface area contributed by atoms with Crippen molar-refractivity contribution in [2.75, 3.05) is 11.6 Å². The maximum Gasteiger partial charge on any atom is 0.247 e. The molecule has 0 bridgehead atoms. The van der Waals surface area contributed by atoms with Gasteiger partial charge in [-0.25, -0.2) is 0 Å². The number of oxime groups is 1. The molecule has 1 aromatic carbocycles. The van der Waals surface area contributed by atoms with Crippen LogP contribution in [0, 0.1) is 3.57 Å². The van der Waals surface area contributed by atoms with E-state index in [0.717, 1.165) is 27.0 Å². The third kappa shape index (κ3) is 5.43. The van der Waals surface area contributed by atoms with Gasteiger partial charge in [-0.3, -0.25) is 9.69 Å². The molecule has 22 heavy (non-hydrogen) atoms. The summed E-state index contributed by atoms with van der Waals surface area (Å²) in [6.45, 7) is 7.68. The van der Waals surface area contributed by atoms with E-state index >= 15 is 0 Å². The molecule has 0 N–H and O–H groups in total. The highest BCUT2D eigenvalue weighted by molar-refractivity contribution is 14.1. The van der Waals surface area contributed by atoms with Crippen LogP contribution in [-0.4, -0.2) is 23.7 Å². The number of alkyl halides is 1. The van der Waals surface area contributed by atoms with Gasteiger partial charge in [0.25, 0.3) is 0 Å². The lowest BCUT2D eigenvalue weighted by Gasteiger charge is -2.25. The van der Waals surface area contributed by atoms with Gasteiger partial charge in [0.2, 0.25) is 5.91 Å². The molecule has 122 valence electrons. The van der Waals surface area contributed by atoms with Crippen LogP contribution in [0.3, 0.4) is 0 Å². The largest absolute Gasteiger partial charge is 0.374 e. The molecule has 0 aliphatic heterocycles. The Hall–Kier alpha value is -0.820. The first-order valence-corrected chi connectivity index (χ1v) is 8.79. The molecule has 0 saturated heterocycles. The van der Waals surface area contributed by atoms with E-state index in [4.69, 9.17) is 16.4 Å². The van der Waals surface area contributed by atoms with Gasteiger partial charge >= 0.3 is 0 Å². The summed E-state index contributed by atoms with van der Waals surface area (Å²) in [5, 5.41) is 3.34. The second-order valence-electron chi connectivity index (χ2n) is 5.07. The van der Waals surface area contributed by atoms with Gasteiger partial charge < -0.3 is 4.84 Å². The lowest BCUT2D eigenvalue weighted by atomic mass is 10.1. The lowest BCUT2D eigenvalue weighted by molar-refractivity contribution is -0.119. The van der Waals surface area contributed by atoms with Gasteiger partial charge in [0.15, 0.2) is 6.73 Å². The number of hydrogen-bond donors (Lipinski definition) is 0. The first-order chi connectivity index (χ1) is 10.4. The summed E-state index contributed by atoms with van der Waals surface area (Å²) in [6, 6.07) is 6.03. The van der Waals surface area contributed by atoms with Crippen LogP contribution < -0.4 is 4.90 Å². The highest BCUT2D eigenvalue weighted by atomic mass is 127. The fourth-order valence-corrected chi connectivity index (χ4v) is 2.49. The summed E-state index contributed by atoms with van der Waals surface area (Å²) in [6.07, 6.45) is 1.39. The Labute approximate surface area is 151 Å². The monoisotopic (exact) mass is 436 g/mol. The fraction of sp³-hybridized carbons (Fsp3) is 0.500. The Bertz CT molecular complexity index is 545. The van der Waals surface area contributed by atoms with Crippen LogP contribution in [0.1, 0.15) is 39.7 Å². The van der Waals surface area contributed by atoms with E-state index < -0.39 is 5.38 Å². The maximum absolute atomic E-state index is 12.6. The molecule has 1 unspecified atom stereocenters. The molecular weight excluding hydrogens is 415 g/mol. The number of halogens is 2. The Balaban J connectivity index is 3.16. The van der Waals surface area contributed by atoms with E-state index in [2.05, 4.69) is 34.7 Å². The average molecular weight is 437 g/mol. The highest BCUT2D eigenvalue weighted by Gasteiger charge is 2.24. The van der Waals surface area contributed by atoms with Crippen molar-refractivity contribution in [3.05, 3.63) is 27.3 Å². The van der Waals surface area contributed by atoms with E-state index in [-0.39, 0.29) is 12.6 Å². The summed E-state index contributed by atoms with van der Waals surface area (Å²) in [7, 11) is 0. The van der Waals surface area contributed by atoms with E-state index in [0.29, 0.717) is 6.42 Å². The van der Waals surface area contributed by atoms with Crippen LogP contribution in [0.2, 0.25) is 0 Å². The molecule has 0 saturated carbocycles. The summed E-state index contributed by atoms with van der Waals surface area (Å²) >= 11 is 8.38. The molecule has 1 amide bonds. The van der Waals surface area contributed by atoms with Crippen LogP contribution in [0.4, 0.5) is 5.69 Å². The molecule has 0 radical (unpaired) electrons. The molecule has 0 aliphatic carbocycles. The Morgan fingerprint density at radius 3 is 2.64 bits per heavy atom. The van der Waals surface area contributed by atoms with Gasteiger partial charge in [-0.1, -0.05) is 25.1 Å². The standard InChI is InChI=1S/C16H22ClIN2O2/c1-5-12-7-8-13(18)9-15(12)20(10-22-19-11(3)4)16(21)14(17)6-2/h7-9,14H,5-6,10H2,1-4H3. The van der Waals surface area contributed by atoms with Crippen molar-refractivity contribution in [1.29, 1.82) is 0 Å². The summed E-state index contributed by atoms with van der Waals surface area (Å²) in [5.41, 5.74) is 2.71.